The number of rotatable bonds is 5. The summed E-state index contributed by atoms with van der Waals surface area (Å²) in [5, 5.41) is 2.12. The molecule has 3 nitrogen and oxygen atoms in total. The van der Waals surface area contributed by atoms with Crippen molar-refractivity contribution >= 4 is 16.7 Å². The maximum absolute atomic E-state index is 13.3. The number of benzene rings is 2. The van der Waals surface area contributed by atoms with E-state index in [-0.39, 0.29) is 12.1 Å². The second-order valence-electron chi connectivity index (χ2n) is 8.53. The van der Waals surface area contributed by atoms with Gasteiger partial charge in [-0.1, -0.05) is 69.7 Å². The minimum atomic E-state index is -1.12. The lowest BCUT2D eigenvalue weighted by Gasteiger charge is -2.38. The first-order chi connectivity index (χ1) is 12.9. The van der Waals surface area contributed by atoms with E-state index in [2.05, 4.69) is 32.9 Å². The number of hydrogen-bond acceptors (Lipinski definition) is 3. The Morgan fingerprint density at radius 3 is 2.52 bits per heavy atom. The third kappa shape index (κ3) is 3.89. The van der Waals surface area contributed by atoms with Gasteiger partial charge in [-0.2, -0.15) is 0 Å². The van der Waals surface area contributed by atoms with Crippen molar-refractivity contribution in [2.45, 2.75) is 58.7 Å². The standard InChI is InChI=1S/C24H32O3/c1-16(2)19-14-13-17(3)15-22(19)27-23(25)24(4,26-5)21-12-8-10-18-9-6-7-11-20(18)21/h6-12,16-17,19,22H,13-15H2,1-5H3/t17-,19+,22-,24+/m1/s1. The SMILES string of the molecule is CO[C@](C)(C(=O)O[C@@H]1C[C@H](C)CC[C@H]1C(C)C)c1cccc2ccccc12. The van der Waals surface area contributed by atoms with Gasteiger partial charge in [0.2, 0.25) is 0 Å². The minimum absolute atomic E-state index is 0.0364. The third-order valence-corrected chi connectivity index (χ3v) is 6.32. The smallest absolute Gasteiger partial charge is 0.343 e. The molecule has 0 amide bonds. The number of esters is 1. The predicted molar refractivity (Wildman–Crippen MR) is 110 cm³/mol. The van der Waals surface area contributed by atoms with Crippen molar-refractivity contribution in [3.8, 4) is 0 Å². The molecule has 1 saturated carbocycles. The van der Waals surface area contributed by atoms with Crippen LogP contribution in [0.3, 0.4) is 0 Å². The highest BCUT2D eigenvalue weighted by Crippen LogP contribution is 2.38. The molecule has 0 aliphatic heterocycles. The van der Waals surface area contributed by atoms with Gasteiger partial charge in [0.05, 0.1) is 0 Å². The molecule has 4 atom stereocenters. The first-order valence-corrected chi connectivity index (χ1v) is 10.1. The van der Waals surface area contributed by atoms with Crippen LogP contribution < -0.4 is 0 Å². The molecule has 0 aromatic heterocycles. The molecule has 0 bridgehead atoms. The highest BCUT2D eigenvalue weighted by atomic mass is 16.6. The lowest BCUT2D eigenvalue weighted by molar-refractivity contribution is -0.180. The highest BCUT2D eigenvalue weighted by molar-refractivity contribution is 5.92. The molecule has 0 N–H and O–H groups in total. The Balaban J connectivity index is 1.92. The van der Waals surface area contributed by atoms with Crippen LogP contribution in [-0.2, 0) is 19.9 Å². The Labute approximate surface area is 163 Å². The lowest BCUT2D eigenvalue weighted by Crippen LogP contribution is -2.43. The Bertz CT molecular complexity index is 792. The summed E-state index contributed by atoms with van der Waals surface area (Å²) in [5.74, 6) is 1.22. The third-order valence-electron chi connectivity index (χ3n) is 6.32. The van der Waals surface area contributed by atoms with Gasteiger partial charge in [-0.05, 0) is 48.3 Å². The number of carbonyl (C=O) groups excluding carboxylic acids is 1. The van der Waals surface area contributed by atoms with E-state index >= 15 is 0 Å². The zero-order valence-corrected chi connectivity index (χ0v) is 17.2. The molecular weight excluding hydrogens is 336 g/mol. The second-order valence-corrected chi connectivity index (χ2v) is 8.53. The molecule has 146 valence electrons. The van der Waals surface area contributed by atoms with Crippen LogP contribution in [0.15, 0.2) is 42.5 Å². The zero-order valence-electron chi connectivity index (χ0n) is 17.2. The van der Waals surface area contributed by atoms with Crippen LogP contribution in [0.2, 0.25) is 0 Å². The summed E-state index contributed by atoms with van der Waals surface area (Å²) < 4.78 is 11.9. The quantitative estimate of drug-likeness (QED) is 0.635. The van der Waals surface area contributed by atoms with E-state index < -0.39 is 5.60 Å². The molecule has 1 fully saturated rings. The summed E-state index contributed by atoms with van der Waals surface area (Å²) in [6.45, 7) is 8.52. The van der Waals surface area contributed by atoms with Crippen molar-refractivity contribution in [2.24, 2.45) is 17.8 Å². The first kappa shape index (κ1) is 19.9. The van der Waals surface area contributed by atoms with E-state index in [1.807, 2.05) is 37.3 Å². The molecule has 0 unspecified atom stereocenters. The molecule has 1 aliphatic rings. The Morgan fingerprint density at radius 2 is 1.81 bits per heavy atom. The van der Waals surface area contributed by atoms with E-state index in [1.54, 1.807) is 7.11 Å². The van der Waals surface area contributed by atoms with Gasteiger partial charge >= 0.3 is 5.97 Å². The summed E-state index contributed by atoms with van der Waals surface area (Å²) in [4.78, 5) is 13.3. The maximum atomic E-state index is 13.3. The van der Waals surface area contributed by atoms with Crippen molar-refractivity contribution in [3.63, 3.8) is 0 Å². The van der Waals surface area contributed by atoms with E-state index in [0.717, 1.165) is 29.2 Å². The summed E-state index contributed by atoms with van der Waals surface area (Å²) in [5.41, 5.74) is -0.263. The number of ether oxygens (including phenoxy) is 2. The van der Waals surface area contributed by atoms with Crippen molar-refractivity contribution in [3.05, 3.63) is 48.0 Å². The molecule has 0 radical (unpaired) electrons. The van der Waals surface area contributed by atoms with Crippen molar-refractivity contribution in [2.75, 3.05) is 7.11 Å². The van der Waals surface area contributed by atoms with Crippen LogP contribution in [0.1, 0.15) is 52.5 Å². The number of methoxy groups -OCH3 is 1. The van der Waals surface area contributed by atoms with Gasteiger partial charge in [0.1, 0.15) is 6.10 Å². The van der Waals surface area contributed by atoms with E-state index in [4.69, 9.17) is 9.47 Å². The molecule has 27 heavy (non-hydrogen) atoms. The molecule has 3 rings (SSSR count). The molecule has 0 heterocycles. The molecule has 0 saturated heterocycles. The van der Waals surface area contributed by atoms with Gasteiger partial charge in [0, 0.05) is 12.7 Å². The molecular formula is C24H32O3. The molecule has 3 heteroatoms. The van der Waals surface area contributed by atoms with Gasteiger partial charge in [-0.3, -0.25) is 0 Å². The van der Waals surface area contributed by atoms with Crippen molar-refractivity contribution < 1.29 is 14.3 Å². The summed E-state index contributed by atoms with van der Waals surface area (Å²) >= 11 is 0. The maximum Gasteiger partial charge on any atom is 0.343 e. The van der Waals surface area contributed by atoms with Gasteiger partial charge < -0.3 is 9.47 Å². The monoisotopic (exact) mass is 368 g/mol. The van der Waals surface area contributed by atoms with Crippen molar-refractivity contribution in [1.29, 1.82) is 0 Å². The number of hydrogen-bond donors (Lipinski definition) is 0. The molecule has 2 aromatic rings. The topological polar surface area (TPSA) is 35.5 Å². The summed E-state index contributed by atoms with van der Waals surface area (Å²) in [6.07, 6.45) is 3.23. The van der Waals surface area contributed by atoms with Gasteiger partial charge in [-0.15, -0.1) is 0 Å². The van der Waals surface area contributed by atoms with Crippen LogP contribution in [0.4, 0.5) is 0 Å². The minimum Gasteiger partial charge on any atom is -0.460 e. The summed E-state index contributed by atoms with van der Waals surface area (Å²) in [6, 6.07) is 14.1. The highest BCUT2D eigenvalue weighted by Gasteiger charge is 2.42. The Hall–Kier alpha value is -1.87. The van der Waals surface area contributed by atoms with E-state index in [0.29, 0.717) is 17.8 Å². The average molecular weight is 369 g/mol. The van der Waals surface area contributed by atoms with Gasteiger partial charge in [0.25, 0.3) is 0 Å². The predicted octanol–water partition coefficient (Wildman–Crippen LogP) is 5.71. The van der Waals surface area contributed by atoms with Crippen LogP contribution in [0.25, 0.3) is 10.8 Å². The Kier molecular flexibility index (Phi) is 5.90. The van der Waals surface area contributed by atoms with Crippen molar-refractivity contribution in [1.82, 2.24) is 0 Å². The fourth-order valence-corrected chi connectivity index (χ4v) is 4.44. The Morgan fingerprint density at radius 1 is 1.11 bits per heavy atom. The largest absolute Gasteiger partial charge is 0.460 e. The van der Waals surface area contributed by atoms with Crippen LogP contribution in [-0.4, -0.2) is 19.2 Å². The number of fused-ring (bicyclic) bond motifs is 1. The second kappa shape index (κ2) is 8.02. The fourth-order valence-electron chi connectivity index (χ4n) is 4.44. The van der Waals surface area contributed by atoms with Crippen LogP contribution >= 0.6 is 0 Å². The molecule has 0 spiro atoms. The average Bonchev–Trinajstić information content (AvgIpc) is 2.66. The van der Waals surface area contributed by atoms with Crippen LogP contribution in [0, 0.1) is 17.8 Å². The van der Waals surface area contributed by atoms with Gasteiger partial charge in [-0.25, -0.2) is 4.79 Å². The van der Waals surface area contributed by atoms with E-state index in [1.165, 1.54) is 6.42 Å². The van der Waals surface area contributed by atoms with E-state index in [9.17, 15) is 4.79 Å². The molecule has 2 aromatic carbocycles. The van der Waals surface area contributed by atoms with Crippen LogP contribution in [0.5, 0.6) is 0 Å². The zero-order chi connectivity index (χ0) is 19.6. The fraction of sp³-hybridized carbons (Fsp3) is 0.542. The lowest BCUT2D eigenvalue weighted by atomic mass is 9.75. The normalized spacial score (nSPS) is 25.3. The van der Waals surface area contributed by atoms with Gasteiger partial charge in [0.15, 0.2) is 5.60 Å². The number of carbonyl (C=O) groups is 1. The molecule has 1 aliphatic carbocycles. The first-order valence-electron chi connectivity index (χ1n) is 10.1. The summed E-state index contributed by atoms with van der Waals surface area (Å²) in [7, 11) is 1.59.